The monoisotopic (exact) mass is 461 g/mol. The Morgan fingerprint density at radius 1 is 1.32 bits per heavy atom. The van der Waals surface area contributed by atoms with Crippen LogP contribution in [0.4, 0.5) is 0 Å². The van der Waals surface area contributed by atoms with Crippen molar-refractivity contribution in [3.8, 4) is 5.75 Å². The molecule has 0 aliphatic carbocycles. The van der Waals surface area contributed by atoms with E-state index in [2.05, 4.69) is 49.6 Å². The topological polar surface area (TPSA) is 54.9 Å². The second kappa shape index (κ2) is 12.4. The molecule has 0 amide bonds. The van der Waals surface area contributed by atoms with Crippen LogP contribution in [0.1, 0.15) is 44.2 Å². The van der Waals surface area contributed by atoms with Gasteiger partial charge in [-0.1, -0.05) is 19.1 Å². The Morgan fingerprint density at radius 2 is 2.16 bits per heavy atom. The zero-order valence-electron chi connectivity index (χ0n) is 15.6. The predicted octanol–water partition coefficient (Wildman–Crippen LogP) is 3.64. The van der Waals surface area contributed by atoms with E-state index in [1.165, 1.54) is 5.56 Å². The van der Waals surface area contributed by atoms with E-state index in [9.17, 15) is 0 Å². The molecule has 1 saturated heterocycles. The second-order valence-corrected chi connectivity index (χ2v) is 6.17. The lowest BCUT2D eigenvalue weighted by atomic mass is 10.1. The normalized spacial score (nSPS) is 17.1. The summed E-state index contributed by atoms with van der Waals surface area (Å²) in [7, 11) is 0. The maximum absolute atomic E-state index is 5.87. The third-order valence-corrected chi connectivity index (χ3v) is 3.96. The minimum atomic E-state index is 0. The van der Waals surface area contributed by atoms with Crippen LogP contribution in [0.2, 0.25) is 0 Å². The number of nitrogens with one attached hydrogen (secondary N) is 2. The number of benzene rings is 1. The molecule has 1 unspecified atom stereocenters. The number of aliphatic imine (C=N–C) groups is 1. The molecule has 2 rings (SSSR count). The molecular weight excluding hydrogens is 429 g/mol. The molecule has 6 heteroatoms. The predicted molar refractivity (Wildman–Crippen MR) is 114 cm³/mol. The average molecular weight is 461 g/mol. The lowest BCUT2D eigenvalue weighted by Crippen LogP contribution is -2.41. The molecule has 2 N–H and O–H groups in total. The van der Waals surface area contributed by atoms with Gasteiger partial charge in [-0.3, -0.25) is 0 Å². The number of nitrogens with zero attached hydrogens (tertiary/aromatic N) is 1. The van der Waals surface area contributed by atoms with Crippen LogP contribution in [0.25, 0.3) is 0 Å². The Labute approximate surface area is 169 Å². The molecule has 1 aromatic carbocycles. The standard InChI is InChI=1S/C19H31N3O2.HI/c1-4-10-24-18-12-15(3)8-9-16(18)13-21-19(20-5-2)22-14-17-7-6-11-23-17;/h8-9,12,17H,4-7,10-11,13-14H2,1-3H3,(H2,20,21,22);1H. The zero-order chi connectivity index (χ0) is 17.2. The number of guanidine groups is 1. The number of hydrogen-bond donors (Lipinski definition) is 2. The van der Waals surface area contributed by atoms with Crippen LogP contribution < -0.4 is 15.4 Å². The highest BCUT2D eigenvalue weighted by Gasteiger charge is 2.15. The molecular formula is C19H32IN3O2. The van der Waals surface area contributed by atoms with Crippen LogP contribution >= 0.6 is 24.0 Å². The van der Waals surface area contributed by atoms with Crippen LogP contribution in [-0.4, -0.2) is 38.4 Å². The Balaban J connectivity index is 0.00000312. The highest BCUT2D eigenvalue weighted by molar-refractivity contribution is 14.0. The van der Waals surface area contributed by atoms with Crippen molar-refractivity contribution in [3.05, 3.63) is 29.3 Å². The molecule has 0 bridgehead atoms. The summed E-state index contributed by atoms with van der Waals surface area (Å²) < 4.78 is 11.5. The molecule has 25 heavy (non-hydrogen) atoms. The molecule has 142 valence electrons. The quantitative estimate of drug-likeness (QED) is 0.353. The first kappa shape index (κ1) is 22.0. The molecule has 5 nitrogen and oxygen atoms in total. The Bertz CT molecular complexity index is 531. The third-order valence-electron chi connectivity index (χ3n) is 3.96. The number of hydrogen-bond acceptors (Lipinski definition) is 3. The molecule has 0 aromatic heterocycles. The first-order valence-electron chi connectivity index (χ1n) is 9.09. The Kier molecular flexibility index (Phi) is 10.9. The first-order chi connectivity index (χ1) is 11.7. The minimum absolute atomic E-state index is 0. The van der Waals surface area contributed by atoms with Crippen LogP contribution in [0.15, 0.2) is 23.2 Å². The summed E-state index contributed by atoms with van der Waals surface area (Å²) in [6, 6.07) is 6.30. The molecule has 1 fully saturated rings. The summed E-state index contributed by atoms with van der Waals surface area (Å²) in [5.41, 5.74) is 2.32. The fraction of sp³-hybridized carbons (Fsp3) is 0.632. The fourth-order valence-electron chi connectivity index (χ4n) is 2.66. The summed E-state index contributed by atoms with van der Waals surface area (Å²) in [6.07, 6.45) is 3.58. The van der Waals surface area contributed by atoms with E-state index < -0.39 is 0 Å². The van der Waals surface area contributed by atoms with Crippen LogP contribution in [0.5, 0.6) is 5.75 Å². The van der Waals surface area contributed by atoms with E-state index in [1.54, 1.807) is 0 Å². The lowest BCUT2D eigenvalue weighted by molar-refractivity contribution is 0.114. The molecule has 1 heterocycles. The van der Waals surface area contributed by atoms with E-state index in [-0.39, 0.29) is 24.0 Å². The zero-order valence-corrected chi connectivity index (χ0v) is 18.0. The van der Waals surface area contributed by atoms with E-state index in [0.717, 1.165) is 62.8 Å². The third kappa shape index (κ3) is 7.81. The van der Waals surface area contributed by atoms with Gasteiger partial charge in [-0.2, -0.15) is 0 Å². The van der Waals surface area contributed by atoms with E-state index >= 15 is 0 Å². The van der Waals surface area contributed by atoms with Gasteiger partial charge in [0.05, 0.1) is 19.3 Å². The number of halogens is 1. The number of rotatable bonds is 8. The van der Waals surface area contributed by atoms with E-state index in [1.807, 2.05) is 0 Å². The number of aryl methyl sites for hydroxylation is 1. The first-order valence-corrected chi connectivity index (χ1v) is 9.09. The highest BCUT2D eigenvalue weighted by Crippen LogP contribution is 2.21. The van der Waals surface area contributed by atoms with Gasteiger partial charge in [-0.25, -0.2) is 4.99 Å². The summed E-state index contributed by atoms with van der Waals surface area (Å²) >= 11 is 0. The molecule has 1 atom stereocenters. The van der Waals surface area contributed by atoms with Crippen LogP contribution in [-0.2, 0) is 11.3 Å². The molecule has 1 aliphatic rings. The molecule has 0 radical (unpaired) electrons. The smallest absolute Gasteiger partial charge is 0.191 e. The van der Waals surface area contributed by atoms with Crippen molar-refractivity contribution in [2.45, 2.75) is 52.7 Å². The van der Waals surface area contributed by atoms with Crippen molar-refractivity contribution >= 4 is 29.9 Å². The minimum Gasteiger partial charge on any atom is -0.493 e. The summed E-state index contributed by atoms with van der Waals surface area (Å²) in [4.78, 5) is 4.70. The van der Waals surface area contributed by atoms with Gasteiger partial charge in [0.25, 0.3) is 0 Å². The van der Waals surface area contributed by atoms with Crippen molar-refractivity contribution in [1.82, 2.24) is 10.6 Å². The van der Waals surface area contributed by atoms with Gasteiger partial charge in [0.2, 0.25) is 0 Å². The van der Waals surface area contributed by atoms with Crippen molar-refractivity contribution in [2.75, 3.05) is 26.3 Å². The number of ether oxygens (including phenoxy) is 2. The molecule has 0 spiro atoms. The van der Waals surface area contributed by atoms with E-state index in [0.29, 0.717) is 12.6 Å². The maximum atomic E-state index is 5.87. The van der Waals surface area contributed by atoms with Gasteiger partial charge in [0, 0.05) is 25.3 Å². The fourth-order valence-corrected chi connectivity index (χ4v) is 2.66. The highest BCUT2D eigenvalue weighted by atomic mass is 127. The largest absolute Gasteiger partial charge is 0.493 e. The van der Waals surface area contributed by atoms with Gasteiger partial charge in [0.1, 0.15) is 5.75 Å². The van der Waals surface area contributed by atoms with E-state index in [4.69, 9.17) is 14.5 Å². The summed E-state index contributed by atoms with van der Waals surface area (Å²) in [5.74, 6) is 1.77. The van der Waals surface area contributed by atoms with Gasteiger partial charge in [-0.05, 0) is 44.7 Å². The Hall–Kier alpha value is -1.02. The second-order valence-electron chi connectivity index (χ2n) is 6.17. The van der Waals surface area contributed by atoms with Crippen molar-refractivity contribution in [3.63, 3.8) is 0 Å². The Morgan fingerprint density at radius 3 is 2.84 bits per heavy atom. The molecule has 1 aliphatic heterocycles. The summed E-state index contributed by atoms with van der Waals surface area (Å²) in [5, 5.41) is 6.67. The average Bonchev–Trinajstić information content (AvgIpc) is 3.10. The SMILES string of the molecule is CCCOc1cc(C)ccc1CN=C(NCC)NCC1CCCO1.I. The van der Waals surface area contributed by atoms with Gasteiger partial charge in [-0.15, -0.1) is 24.0 Å². The maximum Gasteiger partial charge on any atom is 0.191 e. The van der Waals surface area contributed by atoms with Crippen LogP contribution in [0.3, 0.4) is 0 Å². The van der Waals surface area contributed by atoms with Gasteiger partial charge < -0.3 is 20.1 Å². The molecule has 1 aromatic rings. The van der Waals surface area contributed by atoms with Crippen LogP contribution in [0, 0.1) is 6.92 Å². The molecule has 0 saturated carbocycles. The van der Waals surface area contributed by atoms with Crippen molar-refractivity contribution in [1.29, 1.82) is 0 Å². The summed E-state index contributed by atoms with van der Waals surface area (Å²) in [6.45, 7) is 10.1. The van der Waals surface area contributed by atoms with Crippen molar-refractivity contribution in [2.24, 2.45) is 4.99 Å². The van der Waals surface area contributed by atoms with Gasteiger partial charge >= 0.3 is 0 Å². The van der Waals surface area contributed by atoms with Gasteiger partial charge in [0.15, 0.2) is 5.96 Å². The lowest BCUT2D eigenvalue weighted by Gasteiger charge is -2.15. The van der Waals surface area contributed by atoms with Crippen molar-refractivity contribution < 1.29 is 9.47 Å².